The van der Waals surface area contributed by atoms with Crippen LogP contribution in [-0.2, 0) is 17.8 Å². The van der Waals surface area contributed by atoms with Gasteiger partial charge in [0.25, 0.3) is 0 Å². The number of likely N-dealkylation sites (tertiary alicyclic amines) is 1. The van der Waals surface area contributed by atoms with Gasteiger partial charge in [-0.1, -0.05) is 13.0 Å². The van der Waals surface area contributed by atoms with Crippen LogP contribution in [0.1, 0.15) is 43.7 Å². The highest BCUT2D eigenvalue weighted by atomic mass is 16.2. The van der Waals surface area contributed by atoms with Gasteiger partial charge in [-0.15, -0.1) is 0 Å². The molecule has 2 aromatic heterocycles. The summed E-state index contributed by atoms with van der Waals surface area (Å²) in [5, 5.41) is 0. The van der Waals surface area contributed by atoms with Crippen molar-refractivity contribution < 1.29 is 4.79 Å². The van der Waals surface area contributed by atoms with E-state index in [0.717, 1.165) is 55.8 Å². The van der Waals surface area contributed by atoms with Crippen LogP contribution >= 0.6 is 0 Å². The third-order valence-corrected chi connectivity index (χ3v) is 5.82. The smallest absolute Gasteiger partial charge is 0.225 e. The van der Waals surface area contributed by atoms with Gasteiger partial charge in [0, 0.05) is 56.4 Å². The van der Waals surface area contributed by atoms with Crippen LogP contribution in [0.4, 0.5) is 5.95 Å². The first-order valence-corrected chi connectivity index (χ1v) is 9.45. The average molecular weight is 351 g/mol. The largest absolute Gasteiger partial charge is 0.341 e. The molecule has 4 heterocycles. The van der Waals surface area contributed by atoms with E-state index >= 15 is 0 Å². The van der Waals surface area contributed by atoms with Gasteiger partial charge >= 0.3 is 0 Å². The number of rotatable bonds is 4. The summed E-state index contributed by atoms with van der Waals surface area (Å²) in [4.78, 5) is 30.1. The predicted molar refractivity (Wildman–Crippen MR) is 99.6 cm³/mol. The van der Waals surface area contributed by atoms with Crippen molar-refractivity contribution in [2.24, 2.45) is 0 Å². The average Bonchev–Trinajstić information content (AvgIpc) is 2.99. The van der Waals surface area contributed by atoms with Crippen molar-refractivity contribution >= 4 is 11.9 Å². The molecule has 0 aromatic carbocycles. The zero-order valence-electron chi connectivity index (χ0n) is 15.3. The molecule has 2 saturated heterocycles. The SMILES string of the molecule is CCc1cnc(N2CCC3(CCC(=O)N3Cc3cccnc3)CC2)nc1. The molecular formula is C20H25N5O. The van der Waals surface area contributed by atoms with Crippen molar-refractivity contribution in [3.8, 4) is 0 Å². The number of amides is 1. The Morgan fingerprint density at radius 1 is 1.08 bits per heavy atom. The number of hydrogen-bond donors (Lipinski definition) is 0. The van der Waals surface area contributed by atoms with Crippen LogP contribution in [0.2, 0.25) is 0 Å². The highest BCUT2D eigenvalue weighted by molar-refractivity contribution is 5.79. The van der Waals surface area contributed by atoms with E-state index in [-0.39, 0.29) is 11.4 Å². The van der Waals surface area contributed by atoms with Crippen LogP contribution in [0.25, 0.3) is 0 Å². The molecule has 0 saturated carbocycles. The molecule has 1 amide bonds. The van der Waals surface area contributed by atoms with Crippen molar-refractivity contribution in [1.82, 2.24) is 19.9 Å². The molecule has 6 heteroatoms. The number of anilines is 1. The Kier molecular flexibility index (Phi) is 4.57. The van der Waals surface area contributed by atoms with Gasteiger partial charge in [-0.3, -0.25) is 9.78 Å². The molecule has 2 aliphatic heterocycles. The Hall–Kier alpha value is -2.50. The first-order chi connectivity index (χ1) is 12.7. The Morgan fingerprint density at radius 3 is 2.50 bits per heavy atom. The van der Waals surface area contributed by atoms with Gasteiger partial charge in [0.15, 0.2) is 0 Å². The molecule has 0 atom stereocenters. The lowest BCUT2D eigenvalue weighted by Crippen LogP contribution is -2.53. The van der Waals surface area contributed by atoms with Gasteiger partial charge in [-0.2, -0.15) is 0 Å². The van der Waals surface area contributed by atoms with Crippen molar-refractivity contribution in [2.75, 3.05) is 18.0 Å². The van der Waals surface area contributed by atoms with Crippen LogP contribution in [-0.4, -0.2) is 44.4 Å². The molecule has 136 valence electrons. The first-order valence-electron chi connectivity index (χ1n) is 9.45. The minimum Gasteiger partial charge on any atom is -0.341 e. The number of hydrogen-bond acceptors (Lipinski definition) is 5. The van der Waals surface area contributed by atoms with E-state index in [4.69, 9.17) is 0 Å². The first kappa shape index (κ1) is 16.9. The Bertz CT molecular complexity index is 754. The quantitative estimate of drug-likeness (QED) is 0.847. The molecule has 0 N–H and O–H groups in total. The molecule has 6 nitrogen and oxygen atoms in total. The van der Waals surface area contributed by atoms with Crippen LogP contribution in [0.15, 0.2) is 36.9 Å². The number of carbonyl (C=O) groups is 1. The van der Waals surface area contributed by atoms with E-state index in [9.17, 15) is 4.79 Å². The summed E-state index contributed by atoms with van der Waals surface area (Å²) in [7, 11) is 0. The number of nitrogens with zero attached hydrogens (tertiary/aromatic N) is 5. The van der Waals surface area contributed by atoms with Gasteiger partial charge in [-0.05, 0) is 42.9 Å². The predicted octanol–water partition coefficient (Wildman–Crippen LogP) is 2.60. The summed E-state index contributed by atoms with van der Waals surface area (Å²) in [5.41, 5.74) is 2.24. The van der Waals surface area contributed by atoms with E-state index in [1.807, 2.05) is 30.7 Å². The maximum atomic E-state index is 12.5. The zero-order valence-corrected chi connectivity index (χ0v) is 15.3. The molecule has 2 aliphatic rings. The second-order valence-corrected chi connectivity index (χ2v) is 7.30. The number of piperidine rings is 1. The topological polar surface area (TPSA) is 62.2 Å². The lowest BCUT2D eigenvalue weighted by molar-refractivity contribution is -0.132. The molecule has 0 bridgehead atoms. The molecule has 26 heavy (non-hydrogen) atoms. The van der Waals surface area contributed by atoms with E-state index in [2.05, 4.69) is 31.7 Å². The molecule has 4 rings (SSSR count). The van der Waals surface area contributed by atoms with E-state index in [0.29, 0.717) is 13.0 Å². The molecule has 2 fully saturated rings. The van der Waals surface area contributed by atoms with Crippen LogP contribution < -0.4 is 4.90 Å². The molecule has 0 unspecified atom stereocenters. The summed E-state index contributed by atoms with van der Waals surface area (Å²) in [6.07, 6.45) is 12.0. The summed E-state index contributed by atoms with van der Waals surface area (Å²) >= 11 is 0. The third kappa shape index (κ3) is 3.16. The lowest BCUT2D eigenvalue weighted by Gasteiger charge is -2.45. The summed E-state index contributed by atoms with van der Waals surface area (Å²) in [5.74, 6) is 1.08. The van der Waals surface area contributed by atoms with Crippen LogP contribution in [0, 0.1) is 0 Å². The maximum absolute atomic E-state index is 12.5. The Labute approximate surface area is 154 Å². The summed E-state index contributed by atoms with van der Waals surface area (Å²) in [6, 6.07) is 3.98. The molecule has 0 radical (unpaired) electrons. The maximum Gasteiger partial charge on any atom is 0.225 e. The fraction of sp³-hybridized carbons (Fsp3) is 0.500. The van der Waals surface area contributed by atoms with Gasteiger partial charge in [0.2, 0.25) is 11.9 Å². The van der Waals surface area contributed by atoms with Crippen molar-refractivity contribution in [1.29, 1.82) is 0 Å². The second kappa shape index (κ2) is 7.02. The molecule has 0 aliphatic carbocycles. The highest BCUT2D eigenvalue weighted by Crippen LogP contribution is 2.40. The minimum atomic E-state index is -0.0210. The van der Waals surface area contributed by atoms with Crippen molar-refractivity contribution in [3.05, 3.63) is 48.0 Å². The summed E-state index contributed by atoms with van der Waals surface area (Å²) < 4.78 is 0. The highest BCUT2D eigenvalue weighted by Gasteiger charge is 2.47. The van der Waals surface area contributed by atoms with Crippen LogP contribution in [0.3, 0.4) is 0 Å². The molecule has 2 aromatic rings. The normalized spacial score (nSPS) is 19.3. The monoisotopic (exact) mass is 351 g/mol. The van der Waals surface area contributed by atoms with Gasteiger partial charge in [0.05, 0.1) is 0 Å². The van der Waals surface area contributed by atoms with Crippen molar-refractivity contribution in [2.45, 2.75) is 51.1 Å². The zero-order chi connectivity index (χ0) is 18.0. The van der Waals surface area contributed by atoms with Crippen LogP contribution in [0.5, 0.6) is 0 Å². The van der Waals surface area contributed by atoms with Gasteiger partial charge in [-0.25, -0.2) is 9.97 Å². The number of carbonyl (C=O) groups excluding carboxylic acids is 1. The standard InChI is InChI=1S/C20H25N5O/c1-2-16-13-22-19(23-14-16)24-10-7-20(8-11-24)6-5-18(26)25(20)15-17-4-3-9-21-12-17/h3-4,9,12-14H,2,5-8,10-11,15H2,1H3. The Morgan fingerprint density at radius 2 is 1.85 bits per heavy atom. The molecule has 1 spiro atoms. The molecular weight excluding hydrogens is 326 g/mol. The fourth-order valence-corrected chi connectivity index (χ4v) is 4.14. The lowest BCUT2D eigenvalue weighted by atomic mass is 9.85. The summed E-state index contributed by atoms with van der Waals surface area (Å²) in [6.45, 7) is 4.55. The number of aromatic nitrogens is 3. The Balaban J connectivity index is 1.46. The van der Waals surface area contributed by atoms with E-state index < -0.39 is 0 Å². The second-order valence-electron chi connectivity index (χ2n) is 7.30. The van der Waals surface area contributed by atoms with Gasteiger partial charge in [0.1, 0.15) is 0 Å². The van der Waals surface area contributed by atoms with E-state index in [1.54, 1.807) is 6.20 Å². The van der Waals surface area contributed by atoms with Crippen molar-refractivity contribution in [3.63, 3.8) is 0 Å². The van der Waals surface area contributed by atoms with Gasteiger partial charge < -0.3 is 9.80 Å². The third-order valence-electron chi connectivity index (χ3n) is 5.82. The number of aryl methyl sites for hydroxylation is 1. The fourth-order valence-electron chi connectivity index (χ4n) is 4.14. The van der Waals surface area contributed by atoms with E-state index in [1.165, 1.54) is 0 Å². The minimum absolute atomic E-state index is 0.0210. The number of pyridine rings is 1.